The van der Waals surface area contributed by atoms with E-state index in [2.05, 4.69) is 9.82 Å². The molecule has 9 heteroatoms. The molecule has 1 amide bonds. The molecule has 0 aliphatic carbocycles. The monoisotopic (exact) mass is 382 g/mol. The number of aromatic nitrogens is 2. The van der Waals surface area contributed by atoms with E-state index in [9.17, 15) is 13.2 Å². The maximum absolute atomic E-state index is 12.8. The number of sulfonamides is 1. The molecule has 0 radical (unpaired) electrons. The topological polar surface area (TPSA) is 84.3 Å². The van der Waals surface area contributed by atoms with E-state index in [-0.39, 0.29) is 10.8 Å². The quantitative estimate of drug-likeness (QED) is 0.857. The van der Waals surface area contributed by atoms with E-state index >= 15 is 0 Å². The maximum Gasteiger partial charge on any atom is 0.246 e. The molecule has 1 fully saturated rings. The predicted molar refractivity (Wildman–Crippen MR) is 95.0 cm³/mol. The first-order chi connectivity index (χ1) is 11.9. The lowest BCUT2D eigenvalue weighted by molar-refractivity contribution is -0.121. The van der Waals surface area contributed by atoms with Crippen molar-refractivity contribution >= 4 is 33.3 Å². The molecule has 1 aliphatic rings. The Morgan fingerprint density at radius 1 is 1.28 bits per heavy atom. The number of carbonyl (C=O) groups is 1. The van der Waals surface area contributed by atoms with E-state index in [4.69, 9.17) is 11.6 Å². The van der Waals surface area contributed by atoms with E-state index in [1.54, 1.807) is 21.8 Å². The number of nitrogens with one attached hydrogen (secondary N) is 1. The number of piperidine rings is 1. The van der Waals surface area contributed by atoms with Crippen molar-refractivity contribution < 1.29 is 13.2 Å². The van der Waals surface area contributed by atoms with Gasteiger partial charge in [0.25, 0.3) is 0 Å². The molecular weight excluding hydrogens is 364 g/mol. The van der Waals surface area contributed by atoms with Gasteiger partial charge < -0.3 is 0 Å². The Bertz CT molecular complexity index is 864. The molecule has 1 aliphatic heterocycles. The number of nitrogens with zero attached hydrogens (tertiary/aromatic N) is 3. The first-order valence-corrected chi connectivity index (χ1v) is 9.89. The molecule has 134 valence electrons. The molecule has 2 aromatic rings. The van der Waals surface area contributed by atoms with Crippen LogP contribution in [0.15, 0.2) is 41.4 Å². The zero-order valence-electron chi connectivity index (χ0n) is 13.7. The van der Waals surface area contributed by atoms with Gasteiger partial charge in [-0.2, -0.15) is 9.82 Å². The molecule has 1 atom stereocenters. The Hall–Kier alpha value is -1.90. The van der Waals surface area contributed by atoms with Crippen LogP contribution < -0.4 is 9.62 Å². The summed E-state index contributed by atoms with van der Waals surface area (Å²) in [6, 6.07) is 6.81. The lowest BCUT2D eigenvalue weighted by Gasteiger charge is -2.32. The number of amides is 1. The van der Waals surface area contributed by atoms with Crippen molar-refractivity contribution in [3.8, 4) is 0 Å². The van der Waals surface area contributed by atoms with E-state index in [0.717, 1.165) is 0 Å². The minimum absolute atomic E-state index is 0.0837. The van der Waals surface area contributed by atoms with Gasteiger partial charge in [-0.05, 0) is 44.0 Å². The molecule has 1 aromatic carbocycles. The molecule has 0 unspecified atom stereocenters. The summed E-state index contributed by atoms with van der Waals surface area (Å²) >= 11 is 5.80. The molecular formula is C16H19ClN4O3S. The fraction of sp³-hybridized carbons (Fsp3) is 0.375. The number of rotatable bonds is 5. The number of carbonyl (C=O) groups excluding carboxylic acids is 1. The molecule has 1 saturated heterocycles. The number of benzene rings is 1. The third-order valence-corrected chi connectivity index (χ3v) is 5.87. The standard InChI is InChI=1S/C16H19ClN4O3S/c1-2-21-15(9-10-18-21)20-11-3-4-14(16(20)22)19-25(23,24)13-7-5-12(17)6-8-13/h5-10,14,19H,2-4,11H2,1H3/t14-/m0/s1. The predicted octanol–water partition coefficient (Wildman–Crippen LogP) is 2.03. The Morgan fingerprint density at radius 3 is 2.68 bits per heavy atom. The molecule has 0 spiro atoms. The van der Waals surface area contributed by atoms with E-state index in [0.29, 0.717) is 36.8 Å². The second-order valence-electron chi connectivity index (χ2n) is 5.77. The normalized spacial score (nSPS) is 18.6. The first kappa shape index (κ1) is 17.9. The number of halogens is 1. The van der Waals surface area contributed by atoms with Crippen LogP contribution in [0.4, 0.5) is 5.82 Å². The van der Waals surface area contributed by atoms with Crippen LogP contribution in [0.1, 0.15) is 19.8 Å². The highest BCUT2D eigenvalue weighted by Crippen LogP contribution is 2.22. The fourth-order valence-electron chi connectivity index (χ4n) is 2.88. The van der Waals surface area contributed by atoms with Gasteiger partial charge in [0.15, 0.2) is 0 Å². The highest BCUT2D eigenvalue weighted by molar-refractivity contribution is 7.89. The van der Waals surface area contributed by atoms with Crippen molar-refractivity contribution in [2.24, 2.45) is 0 Å². The van der Waals surface area contributed by atoms with Crippen LogP contribution in [0.25, 0.3) is 0 Å². The molecule has 25 heavy (non-hydrogen) atoms. The van der Waals surface area contributed by atoms with Crippen LogP contribution in [0.5, 0.6) is 0 Å². The summed E-state index contributed by atoms with van der Waals surface area (Å²) in [4.78, 5) is 14.5. The smallest absolute Gasteiger partial charge is 0.246 e. The van der Waals surface area contributed by atoms with Crippen LogP contribution in [0.3, 0.4) is 0 Å². The van der Waals surface area contributed by atoms with Crippen LogP contribution in [-0.2, 0) is 21.4 Å². The molecule has 0 bridgehead atoms. The molecule has 3 rings (SSSR count). The summed E-state index contributed by atoms with van der Waals surface area (Å²) in [6.07, 6.45) is 2.80. The van der Waals surface area contributed by atoms with Gasteiger partial charge in [-0.3, -0.25) is 9.69 Å². The van der Waals surface area contributed by atoms with Crippen LogP contribution in [0, 0.1) is 0 Å². The SMILES string of the molecule is CCn1nccc1N1CCC[C@H](NS(=O)(=O)c2ccc(Cl)cc2)C1=O. The third-order valence-electron chi connectivity index (χ3n) is 4.13. The van der Waals surface area contributed by atoms with Crippen molar-refractivity contribution in [3.63, 3.8) is 0 Å². The first-order valence-electron chi connectivity index (χ1n) is 8.03. The average Bonchev–Trinajstić information content (AvgIpc) is 3.05. The minimum atomic E-state index is -3.80. The van der Waals surface area contributed by atoms with Crippen molar-refractivity contribution in [2.75, 3.05) is 11.4 Å². The van der Waals surface area contributed by atoms with Crippen molar-refractivity contribution in [3.05, 3.63) is 41.6 Å². The maximum atomic E-state index is 12.8. The molecule has 0 saturated carbocycles. The van der Waals surface area contributed by atoms with Gasteiger partial charge >= 0.3 is 0 Å². The number of hydrogen-bond acceptors (Lipinski definition) is 4. The van der Waals surface area contributed by atoms with E-state index in [1.807, 2.05) is 6.92 Å². The summed E-state index contributed by atoms with van der Waals surface area (Å²) in [7, 11) is -3.80. The van der Waals surface area contributed by atoms with Crippen molar-refractivity contribution in [2.45, 2.75) is 37.2 Å². The van der Waals surface area contributed by atoms with Gasteiger partial charge in [-0.25, -0.2) is 13.1 Å². The van der Waals surface area contributed by atoms with Crippen LogP contribution in [0.2, 0.25) is 5.02 Å². The van der Waals surface area contributed by atoms with E-state index < -0.39 is 16.1 Å². The van der Waals surface area contributed by atoms with Gasteiger partial charge in [0, 0.05) is 24.2 Å². The zero-order valence-corrected chi connectivity index (χ0v) is 15.3. The summed E-state index contributed by atoms with van der Waals surface area (Å²) in [6.45, 7) is 3.11. The van der Waals surface area contributed by atoms with Crippen molar-refractivity contribution in [1.82, 2.24) is 14.5 Å². The van der Waals surface area contributed by atoms with Gasteiger partial charge in [-0.15, -0.1) is 0 Å². The minimum Gasteiger partial charge on any atom is -0.296 e. The second-order valence-corrected chi connectivity index (χ2v) is 7.92. The third kappa shape index (κ3) is 3.70. The summed E-state index contributed by atoms with van der Waals surface area (Å²) in [5, 5.41) is 4.62. The molecule has 2 heterocycles. The molecule has 1 aromatic heterocycles. The number of anilines is 1. The summed E-state index contributed by atoms with van der Waals surface area (Å²) in [5.41, 5.74) is 0. The highest BCUT2D eigenvalue weighted by atomic mass is 35.5. The van der Waals surface area contributed by atoms with Crippen molar-refractivity contribution in [1.29, 1.82) is 0 Å². The average molecular weight is 383 g/mol. The lowest BCUT2D eigenvalue weighted by Crippen LogP contribution is -2.52. The lowest BCUT2D eigenvalue weighted by atomic mass is 10.1. The zero-order chi connectivity index (χ0) is 18.0. The molecule has 1 N–H and O–H groups in total. The van der Waals surface area contributed by atoms with Gasteiger partial charge in [0.1, 0.15) is 11.9 Å². The Labute approximate surface area is 151 Å². The molecule has 7 nitrogen and oxygen atoms in total. The Kier molecular flexibility index (Phi) is 5.12. The summed E-state index contributed by atoms with van der Waals surface area (Å²) < 4.78 is 29.3. The van der Waals surface area contributed by atoms with Crippen LogP contribution in [-0.4, -0.2) is 36.7 Å². The second kappa shape index (κ2) is 7.15. The van der Waals surface area contributed by atoms with Gasteiger partial charge in [-0.1, -0.05) is 11.6 Å². The Balaban J connectivity index is 1.80. The van der Waals surface area contributed by atoms with Gasteiger partial charge in [0.2, 0.25) is 15.9 Å². The van der Waals surface area contributed by atoms with Crippen LogP contribution >= 0.6 is 11.6 Å². The highest BCUT2D eigenvalue weighted by Gasteiger charge is 2.34. The number of aryl methyl sites for hydroxylation is 1. The largest absolute Gasteiger partial charge is 0.296 e. The summed E-state index contributed by atoms with van der Waals surface area (Å²) in [5.74, 6) is 0.418. The van der Waals surface area contributed by atoms with E-state index in [1.165, 1.54) is 24.3 Å². The Morgan fingerprint density at radius 2 is 2.00 bits per heavy atom. The van der Waals surface area contributed by atoms with Gasteiger partial charge in [0.05, 0.1) is 11.1 Å². The number of hydrogen-bond donors (Lipinski definition) is 1. The fourth-order valence-corrected chi connectivity index (χ4v) is 4.23.